The first-order chi connectivity index (χ1) is 7.97. The Morgan fingerprint density at radius 3 is 2.47 bits per heavy atom. The van der Waals surface area contributed by atoms with Gasteiger partial charge in [0.2, 0.25) is 0 Å². The van der Waals surface area contributed by atoms with E-state index in [4.69, 9.17) is 17.3 Å². The normalized spacial score (nSPS) is 12.6. The van der Waals surface area contributed by atoms with E-state index in [0.29, 0.717) is 6.04 Å². The Morgan fingerprint density at radius 1 is 1.41 bits per heavy atom. The summed E-state index contributed by atoms with van der Waals surface area (Å²) >= 11 is 6.24. The standard InChI is InChI=1S/C14H21ClN2/c1-5-8-17(10(2)3)12-6-7-13(11(4)16)14(15)9-12/h5-7,9-11H,1,8,16H2,2-4H3. The molecule has 1 rings (SSSR count). The van der Waals surface area contributed by atoms with Crippen LogP contribution in [0.5, 0.6) is 0 Å². The van der Waals surface area contributed by atoms with E-state index in [0.717, 1.165) is 22.8 Å². The van der Waals surface area contributed by atoms with Crippen molar-refractivity contribution in [3.05, 3.63) is 41.4 Å². The van der Waals surface area contributed by atoms with E-state index in [2.05, 4.69) is 31.4 Å². The second-order valence-electron chi connectivity index (χ2n) is 4.53. The Bertz CT molecular complexity index is 386. The summed E-state index contributed by atoms with van der Waals surface area (Å²) in [4.78, 5) is 2.24. The van der Waals surface area contributed by atoms with E-state index in [1.54, 1.807) is 0 Å². The van der Waals surface area contributed by atoms with Crippen molar-refractivity contribution in [3.63, 3.8) is 0 Å². The highest BCUT2D eigenvalue weighted by molar-refractivity contribution is 6.31. The lowest BCUT2D eigenvalue weighted by atomic mass is 10.1. The molecule has 0 radical (unpaired) electrons. The first-order valence-corrected chi connectivity index (χ1v) is 6.27. The first kappa shape index (κ1) is 14.1. The van der Waals surface area contributed by atoms with E-state index in [1.165, 1.54) is 0 Å². The topological polar surface area (TPSA) is 29.3 Å². The van der Waals surface area contributed by atoms with Gasteiger partial charge in [-0.2, -0.15) is 0 Å². The minimum Gasteiger partial charge on any atom is -0.365 e. The molecular formula is C14H21ClN2. The fourth-order valence-electron chi connectivity index (χ4n) is 1.82. The lowest BCUT2D eigenvalue weighted by Crippen LogP contribution is -2.30. The molecule has 1 unspecified atom stereocenters. The van der Waals surface area contributed by atoms with Crippen LogP contribution in [0.15, 0.2) is 30.9 Å². The molecule has 0 amide bonds. The van der Waals surface area contributed by atoms with Crippen LogP contribution in [-0.4, -0.2) is 12.6 Å². The van der Waals surface area contributed by atoms with Gasteiger partial charge in [0.25, 0.3) is 0 Å². The average molecular weight is 253 g/mol. The van der Waals surface area contributed by atoms with Crippen LogP contribution in [0.25, 0.3) is 0 Å². The minimum absolute atomic E-state index is 0.0385. The van der Waals surface area contributed by atoms with Crippen LogP contribution in [0.3, 0.4) is 0 Å². The van der Waals surface area contributed by atoms with Gasteiger partial charge in [-0.25, -0.2) is 0 Å². The Morgan fingerprint density at radius 2 is 2.06 bits per heavy atom. The van der Waals surface area contributed by atoms with Crippen molar-refractivity contribution in [2.45, 2.75) is 32.9 Å². The second kappa shape index (κ2) is 6.08. The molecule has 0 aliphatic carbocycles. The summed E-state index contributed by atoms with van der Waals surface area (Å²) in [5.41, 5.74) is 7.93. The molecule has 0 aliphatic heterocycles. The molecule has 0 saturated heterocycles. The zero-order valence-corrected chi connectivity index (χ0v) is 11.5. The second-order valence-corrected chi connectivity index (χ2v) is 4.94. The van der Waals surface area contributed by atoms with Gasteiger partial charge < -0.3 is 10.6 Å². The number of nitrogens with two attached hydrogens (primary N) is 1. The SMILES string of the molecule is C=CCN(c1ccc(C(C)N)c(Cl)c1)C(C)C. The monoisotopic (exact) mass is 252 g/mol. The molecule has 1 aromatic rings. The van der Waals surface area contributed by atoms with Crippen molar-refractivity contribution in [1.29, 1.82) is 0 Å². The number of rotatable bonds is 5. The summed E-state index contributed by atoms with van der Waals surface area (Å²) in [5, 5.41) is 0.729. The molecule has 2 nitrogen and oxygen atoms in total. The molecule has 2 N–H and O–H groups in total. The van der Waals surface area contributed by atoms with Crippen molar-refractivity contribution in [1.82, 2.24) is 0 Å². The van der Waals surface area contributed by atoms with Crippen LogP contribution in [0.2, 0.25) is 5.02 Å². The van der Waals surface area contributed by atoms with E-state index < -0.39 is 0 Å². The van der Waals surface area contributed by atoms with Crippen molar-refractivity contribution in [2.24, 2.45) is 5.73 Å². The Hall–Kier alpha value is -0.990. The van der Waals surface area contributed by atoms with Crippen LogP contribution < -0.4 is 10.6 Å². The van der Waals surface area contributed by atoms with Crippen LogP contribution in [0, 0.1) is 0 Å². The Balaban J connectivity index is 3.06. The summed E-state index contributed by atoms with van der Waals surface area (Å²) in [6.45, 7) is 10.8. The van der Waals surface area contributed by atoms with Crippen molar-refractivity contribution >= 4 is 17.3 Å². The molecule has 0 fully saturated rings. The molecule has 94 valence electrons. The van der Waals surface area contributed by atoms with Crippen molar-refractivity contribution < 1.29 is 0 Å². The smallest absolute Gasteiger partial charge is 0.0474 e. The fourth-order valence-corrected chi connectivity index (χ4v) is 2.16. The van der Waals surface area contributed by atoms with Gasteiger partial charge in [0, 0.05) is 29.3 Å². The highest BCUT2D eigenvalue weighted by Gasteiger charge is 2.12. The summed E-state index contributed by atoms with van der Waals surface area (Å²) in [7, 11) is 0. The van der Waals surface area contributed by atoms with Gasteiger partial charge in [0.1, 0.15) is 0 Å². The third-order valence-electron chi connectivity index (χ3n) is 2.76. The molecule has 0 saturated carbocycles. The summed E-state index contributed by atoms with van der Waals surface area (Å²) in [6.07, 6.45) is 1.90. The summed E-state index contributed by atoms with van der Waals surface area (Å²) in [6, 6.07) is 6.41. The Kier molecular flexibility index (Phi) is 5.03. The number of benzene rings is 1. The van der Waals surface area contributed by atoms with Gasteiger partial charge in [-0.1, -0.05) is 23.7 Å². The quantitative estimate of drug-likeness (QED) is 0.809. The van der Waals surface area contributed by atoms with Crippen LogP contribution in [0.1, 0.15) is 32.4 Å². The van der Waals surface area contributed by atoms with Crippen molar-refractivity contribution in [3.8, 4) is 0 Å². The summed E-state index contributed by atoms with van der Waals surface area (Å²) < 4.78 is 0. The zero-order valence-electron chi connectivity index (χ0n) is 10.8. The number of hydrogen-bond acceptors (Lipinski definition) is 2. The van der Waals surface area contributed by atoms with Gasteiger partial charge >= 0.3 is 0 Å². The molecule has 0 bridgehead atoms. The molecule has 0 aromatic heterocycles. The number of hydrogen-bond donors (Lipinski definition) is 1. The maximum Gasteiger partial charge on any atom is 0.0474 e. The zero-order chi connectivity index (χ0) is 13.0. The maximum absolute atomic E-state index is 6.24. The number of halogens is 1. The molecule has 3 heteroatoms. The van der Waals surface area contributed by atoms with E-state index in [-0.39, 0.29) is 6.04 Å². The minimum atomic E-state index is -0.0385. The molecular weight excluding hydrogens is 232 g/mol. The molecule has 0 heterocycles. The molecule has 0 aliphatic rings. The van der Waals surface area contributed by atoms with Crippen LogP contribution in [-0.2, 0) is 0 Å². The lowest BCUT2D eigenvalue weighted by molar-refractivity contribution is 0.722. The predicted molar refractivity (Wildman–Crippen MR) is 76.7 cm³/mol. The predicted octanol–water partition coefficient (Wildman–Crippen LogP) is 3.76. The van der Waals surface area contributed by atoms with Gasteiger partial charge in [0.05, 0.1) is 0 Å². The van der Waals surface area contributed by atoms with Gasteiger partial charge in [-0.3, -0.25) is 0 Å². The van der Waals surface area contributed by atoms with E-state index in [9.17, 15) is 0 Å². The molecule has 17 heavy (non-hydrogen) atoms. The van der Waals surface area contributed by atoms with Gasteiger partial charge in [-0.15, -0.1) is 6.58 Å². The Labute approximate surface area is 109 Å². The molecule has 1 atom stereocenters. The number of nitrogens with zero attached hydrogens (tertiary/aromatic N) is 1. The molecule has 1 aromatic carbocycles. The van der Waals surface area contributed by atoms with Crippen LogP contribution in [0.4, 0.5) is 5.69 Å². The van der Waals surface area contributed by atoms with E-state index >= 15 is 0 Å². The fraction of sp³-hybridized carbons (Fsp3) is 0.429. The third kappa shape index (κ3) is 3.48. The largest absolute Gasteiger partial charge is 0.365 e. The first-order valence-electron chi connectivity index (χ1n) is 5.90. The number of anilines is 1. The molecule has 0 spiro atoms. The lowest BCUT2D eigenvalue weighted by Gasteiger charge is -2.28. The average Bonchev–Trinajstić information content (AvgIpc) is 2.24. The van der Waals surface area contributed by atoms with Gasteiger partial charge in [-0.05, 0) is 38.5 Å². The van der Waals surface area contributed by atoms with E-state index in [1.807, 2.05) is 25.1 Å². The highest BCUT2D eigenvalue weighted by Crippen LogP contribution is 2.27. The highest BCUT2D eigenvalue weighted by atomic mass is 35.5. The maximum atomic E-state index is 6.24. The van der Waals surface area contributed by atoms with Crippen LogP contribution >= 0.6 is 11.6 Å². The summed E-state index contributed by atoms with van der Waals surface area (Å²) in [5.74, 6) is 0. The third-order valence-corrected chi connectivity index (χ3v) is 3.08. The van der Waals surface area contributed by atoms with Crippen molar-refractivity contribution in [2.75, 3.05) is 11.4 Å². The van der Waals surface area contributed by atoms with Gasteiger partial charge in [0.15, 0.2) is 0 Å².